The first kappa shape index (κ1) is 16.3. The minimum Gasteiger partial charge on any atom is -0.375 e. The van der Waals surface area contributed by atoms with Gasteiger partial charge in [-0.05, 0) is 30.3 Å². The van der Waals surface area contributed by atoms with Crippen LogP contribution in [0.3, 0.4) is 0 Å². The lowest BCUT2D eigenvalue weighted by atomic mass is 9.88. The average Bonchev–Trinajstić information content (AvgIpc) is 2.78. The van der Waals surface area contributed by atoms with Crippen LogP contribution in [0.4, 0.5) is 11.4 Å². The Kier molecular flexibility index (Phi) is 3.94. The molecule has 0 saturated heterocycles. The number of nitro groups is 1. The van der Waals surface area contributed by atoms with E-state index in [-0.39, 0.29) is 11.3 Å². The highest BCUT2D eigenvalue weighted by molar-refractivity contribution is 9.10. The molecule has 1 amide bonds. The van der Waals surface area contributed by atoms with Crippen LogP contribution in [-0.2, 0) is 10.4 Å². The number of non-ortho nitro benzene ring substituents is 1. The molecule has 0 aromatic heterocycles. The number of benzene rings is 2. The van der Waals surface area contributed by atoms with Crippen molar-refractivity contribution in [2.75, 3.05) is 5.32 Å². The summed E-state index contributed by atoms with van der Waals surface area (Å²) in [5.74, 6) is -1.17. The van der Waals surface area contributed by atoms with Crippen molar-refractivity contribution in [3.63, 3.8) is 0 Å². The van der Waals surface area contributed by atoms with Crippen LogP contribution in [0.5, 0.6) is 0 Å². The van der Waals surface area contributed by atoms with Gasteiger partial charge >= 0.3 is 0 Å². The van der Waals surface area contributed by atoms with E-state index in [0.29, 0.717) is 15.7 Å². The van der Waals surface area contributed by atoms with Crippen molar-refractivity contribution < 1.29 is 19.6 Å². The molecule has 2 N–H and O–H groups in total. The fraction of sp³-hybridized carbons (Fsp3) is 0.125. The maximum Gasteiger partial charge on any atom is 0.269 e. The van der Waals surface area contributed by atoms with Crippen molar-refractivity contribution in [2.24, 2.45) is 0 Å². The van der Waals surface area contributed by atoms with E-state index in [0.717, 1.165) is 0 Å². The number of hydrogen-bond acceptors (Lipinski definition) is 5. The Bertz CT molecular complexity index is 865. The van der Waals surface area contributed by atoms with Crippen LogP contribution in [0, 0.1) is 10.1 Å². The monoisotopic (exact) mass is 390 g/mol. The summed E-state index contributed by atoms with van der Waals surface area (Å²) in [4.78, 5) is 34.6. The van der Waals surface area contributed by atoms with Gasteiger partial charge in [-0.3, -0.25) is 19.7 Å². The highest BCUT2D eigenvalue weighted by atomic mass is 79.9. The largest absolute Gasteiger partial charge is 0.375 e. The third-order valence-corrected chi connectivity index (χ3v) is 4.36. The maximum absolute atomic E-state index is 12.4. The molecule has 1 heterocycles. The van der Waals surface area contributed by atoms with Crippen LogP contribution in [0.25, 0.3) is 0 Å². The number of halogens is 1. The van der Waals surface area contributed by atoms with Gasteiger partial charge in [-0.15, -0.1) is 0 Å². The summed E-state index contributed by atoms with van der Waals surface area (Å²) in [6.45, 7) is 0. The normalized spacial score (nSPS) is 18.8. The molecule has 0 saturated carbocycles. The molecule has 1 aliphatic heterocycles. The van der Waals surface area contributed by atoms with E-state index >= 15 is 0 Å². The molecule has 24 heavy (non-hydrogen) atoms. The lowest BCUT2D eigenvalue weighted by Crippen LogP contribution is -2.36. The van der Waals surface area contributed by atoms with Crippen molar-refractivity contribution in [3.05, 3.63) is 68.2 Å². The molecule has 2 aromatic carbocycles. The number of nitrogens with zero attached hydrogens (tertiary/aromatic N) is 1. The van der Waals surface area contributed by atoms with E-state index in [1.54, 1.807) is 18.2 Å². The second kappa shape index (κ2) is 5.81. The van der Waals surface area contributed by atoms with Crippen LogP contribution in [0.2, 0.25) is 0 Å². The number of fused-ring (bicyclic) bond motifs is 1. The second-order valence-electron chi connectivity index (χ2n) is 5.41. The Hall–Kier alpha value is -2.58. The number of anilines is 1. The van der Waals surface area contributed by atoms with Crippen LogP contribution in [0.1, 0.15) is 22.3 Å². The van der Waals surface area contributed by atoms with Gasteiger partial charge in [0.2, 0.25) is 0 Å². The summed E-state index contributed by atoms with van der Waals surface area (Å²) in [6.07, 6.45) is -0.458. The van der Waals surface area contributed by atoms with Gasteiger partial charge in [-0.1, -0.05) is 15.9 Å². The molecular formula is C16H11BrN2O5. The summed E-state index contributed by atoms with van der Waals surface area (Å²) >= 11 is 3.27. The molecule has 1 atom stereocenters. The van der Waals surface area contributed by atoms with Gasteiger partial charge in [-0.2, -0.15) is 0 Å². The zero-order valence-corrected chi connectivity index (χ0v) is 13.7. The van der Waals surface area contributed by atoms with Crippen LogP contribution < -0.4 is 5.32 Å². The van der Waals surface area contributed by atoms with E-state index in [1.807, 2.05) is 0 Å². The molecule has 1 unspecified atom stereocenters. The second-order valence-corrected chi connectivity index (χ2v) is 6.32. The Morgan fingerprint density at radius 1 is 1.25 bits per heavy atom. The summed E-state index contributed by atoms with van der Waals surface area (Å²) in [7, 11) is 0. The average molecular weight is 391 g/mol. The fourth-order valence-electron chi connectivity index (χ4n) is 2.59. The smallest absolute Gasteiger partial charge is 0.269 e. The lowest BCUT2D eigenvalue weighted by Gasteiger charge is -2.20. The van der Waals surface area contributed by atoms with Crippen LogP contribution in [-0.4, -0.2) is 21.7 Å². The Morgan fingerprint density at radius 3 is 2.54 bits per heavy atom. The maximum atomic E-state index is 12.4. The zero-order chi connectivity index (χ0) is 17.5. The van der Waals surface area contributed by atoms with Crippen LogP contribution in [0.15, 0.2) is 46.9 Å². The molecule has 122 valence electrons. The SMILES string of the molecule is O=C(CC1(O)C(=O)Nc2ccc(Br)cc21)c1ccc([N+](=O)[O-])cc1. The molecule has 0 fully saturated rings. The number of rotatable bonds is 4. The lowest BCUT2D eigenvalue weighted by molar-refractivity contribution is -0.384. The van der Waals surface area contributed by atoms with Crippen molar-refractivity contribution in [3.8, 4) is 0 Å². The van der Waals surface area contributed by atoms with Gasteiger partial charge in [0.15, 0.2) is 11.4 Å². The standard InChI is InChI=1S/C16H11BrN2O5/c17-10-3-6-13-12(7-10)16(22,15(21)18-13)8-14(20)9-1-4-11(5-2-9)19(23)24/h1-7,22H,8H2,(H,18,21). The van der Waals surface area contributed by atoms with Gasteiger partial charge in [-0.25, -0.2) is 0 Å². The van der Waals surface area contributed by atoms with E-state index in [9.17, 15) is 24.8 Å². The van der Waals surface area contributed by atoms with Crippen molar-refractivity contribution in [1.82, 2.24) is 0 Å². The van der Waals surface area contributed by atoms with Crippen molar-refractivity contribution >= 4 is 39.0 Å². The summed E-state index contributed by atoms with van der Waals surface area (Å²) in [5, 5.41) is 23.9. The highest BCUT2D eigenvalue weighted by Gasteiger charge is 2.46. The number of Topliss-reactive ketones (excluding diaryl/α,β-unsaturated/α-hetero) is 1. The molecule has 8 heteroatoms. The van der Waals surface area contributed by atoms with Gasteiger partial charge in [0, 0.05) is 33.4 Å². The third-order valence-electron chi connectivity index (χ3n) is 3.87. The number of aliphatic hydroxyl groups is 1. The Balaban J connectivity index is 1.90. The molecule has 3 rings (SSSR count). The topological polar surface area (TPSA) is 110 Å². The zero-order valence-electron chi connectivity index (χ0n) is 12.2. The number of carbonyl (C=O) groups is 2. The molecule has 2 aromatic rings. The first-order valence-electron chi connectivity index (χ1n) is 6.93. The minimum absolute atomic E-state index is 0.141. The predicted molar refractivity (Wildman–Crippen MR) is 88.7 cm³/mol. The molecule has 0 spiro atoms. The number of carbonyl (C=O) groups excluding carboxylic acids is 2. The summed E-state index contributed by atoms with van der Waals surface area (Å²) in [6, 6.07) is 9.94. The van der Waals surface area contributed by atoms with E-state index in [2.05, 4.69) is 21.2 Å². The van der Waals surface area contributed by atoms with Gasteiger partial charge in [0.1, 0.15) is 0 Å². The van der Waals surface area contributed by atoms with Crippen molar-refractivity contribution in [2.45, 2.75) is 12.0 Å². The quantitative estimate of drug-likeness (QED) is 0.473. The first-order chi connectivity index (χ1) is 11.3. The third kappa shape index (κ3) is 2.70. The van der Waals surface area contributed by atoms with Gasteiger partial charge < -0.3 is 10.4 Å². The highest BCUT2D eigenvalue weighted by Crippen LogP contribution is 2.40. The molecule has 0 aliphatic carbocycles. The van der Waals surface area contributed by atoms with Crippen LogP contribution >= 0.6 is 15.9 Å². The van der Waals surface area contributed by atoms with E-state index < -0.39 is 28.6 Å². The molecule has 1 aliphatic rings. The number of ketones is 1. The predicted octanol–water partition coefficient (Wildman–Crippen LogP) is 2.77. The van der Waals surface area contributed by atoms with Crippen molar-refractivity contribution in [1.29, 1.82) is 0 Å². The molecule has 0 bridgehead atoms. The summed E-state index contributed by atoms with van der Waals surface area (Å²) < 4.78 is 0.666. The fourth-order valence-corrected chi connectivity index (χ4v) is 2.96. The number of hydrogen-bond donors (Lipinski definition) is 2. The van der Waals surface area contributed by atoms with Gasteiger partial charge in [0.25, 0.3) is 11.6 Å². The number of nitro benzene ring substituents is 1. The molecule has 7 nitrogen and oxygen atoms in total. The summed E-state index contributed by atoms with van der Waals surface area (Å²) in [5.41, 5.74) is -1.17. The molecule has 0 radical (unpaired) electrons. The number of nitrogens with one attached hydrogen (secondary N) is 1. The Labute approximate surface area is 144 Å². The van der Waals surface area contributed by atoms with E-state index in [4.69, 9.17) is 0 Å². The van der Waals surface area contributed by atoms with E-state index in [1.165, 1.54) is 24.3 Å². The molecular weight excluding hydrogens is 380 g/mol. The first-order valence-corrected chi connectivity index (χ1v) is 7.72. The number of amides is 1. The Morgan fingerprint density at radius 2 is 1.92 bits per heavy atom. The van der Waals surface area contributed by atoms with Gasteiger partial charge in [0.05, 0.1) is 11.3 Å². The minimum atomic E-state index is -1.97.